The number of unbranched alkanes of at least 4 members (excludes halogenated alkanes) is 1. The molecule has 0 radical (unpaired) electrons. The highest BCUT2D eigenvalue weighted by Gasteiger charge is 2.29. The summed E-state index contributed by atoms with van der Waals surface area (Å²) in [5.41, 5.74) is 0. The fraction of sp³-hybridized carbons (Fsp3) is 0.727. The fourth-order valence-electron chi connectivity index (χ4n) is 1.97. The molecule has 1 aliphatic heterocycles. The molecule has 8 heteroatoms. The predicted octanol–water partition coefficient (Wildman–Crippen LogP) is 1.44. The topological polar surface area (TPSA) is 96.9 Å². The average molecular weight is 301 g/mol. The van der Waals surface area contributed by atoms with Crippen LogP contribution in [0.15, 0.2) is 9.64 Å². The van der Waals surface area contributed by atoms with Crippen LogP contribution in [-0.4, -0.2) is 35.9 Å². The van der Waals surface area contributed by atoms with Crippen molar-refractivity contribution in [1.29, 1.82) is 5.26 Å². The molecule has 0 spiro atoms. The third-order valence-corrected chi connectivity index (χ3v) is 5.64. The van der Waals surface area contributed by atoms with Crippen molar-refractivity contribution in [2.75, 3.05) is 17.3 Å². The minimum absolute atomic E-state index is 0.0990. The first kappa shape index (κ1) is 14.3. The van der Waals surface area contributed by atoms with Crippen LogP contribution in [0.3, 0.4) is 0 Å². The summed E-state index contributed by atoms with van der Waals surface area (Å²) in [6, 6.07) is 2.08. The first-order valence-corrected chi connectivity index (χ1v) is 8.92. The summed E-state index contributed by atoms with van der Waals surface area (Å²) in [6.45, 7) is 0. The number of sulfone groups is 1. The zero-order chi connectivity index (χ0) is 13.7. The van der Waals surface area contributed by atoms with Gasteiger partial charge in [-0.2, -0.15) is 5.26 Å². The van der Waals surface area contributed by atoms with Gasteiger partial charge in [0.2, 0.25) is 5.89 Å². The van der Waals surface area contributed by atoms with Crippen molar-refractivity contribution in [2.45, 2.75) is 30.9 Å². The molecule has 2 rings (SSSR count). The molecular weight excluding hydrogens is 286 g/mol. The van der Waals surface area contributed by atoms with E-state index < -0.39 is 9.84 Å². The van der Waals surface area contributed by atoms with E-state index in [-0.39, 0.29) is 17.4 Å². The Hall–Kier alpha value is -1.07. The molecule has 1 aliphatic rings. The average Bonchev–Trinajstić information content (AvgIpc) is 2.92. The van der Waals surface area contributed by atoms with Crippen LogP contribution in [0.2, 0.25) is 0 Å². The minimum Gasteiger partial charge on any atom is -0.416 e. The van der Waals surface area contributed by atoms with Crippen molar-refractivity contribution in [2.24, 2.45) is 5.92 Å². The van der Waals surface area contributed by atoms with Crippen LogP contribution < -0.4 is 0 Å². The standard InChI is InChI=1S/C11H15N3O3S2/c12-4-1-2-5-18-11-14-13-10(17-11)7-9-3-6-19(15,16)8-9/h9H,1-3,5-8H2/t9-/m0/s1. The van der Waals surface area contributed by atoms with Crippen LogP contribution in [-0.2, 0) is 16.3 Å². The number of nitriles is 1. The summed E-state index contributed by atoms with van der Waals surface area (Å²) >= 11 is 1.43. The van der Waals surface area contributed by atoms with E-state index in [1.54, 1.807) is 0 Å². The first-order valence-electron chi connectivity index (χ1n) is 6.11. The van der Waals surface area contributed by atoms with Gasteiger partial charge in [-0.05, 0) is 18.8 Å². The number of thioether (sulfide) groups is 1. The number of hydrogen-bond acceptors (Lipinski definition) is 7. The smallest absolute Gasteiger partial charge is 0.276 e. The van der Waals surface area contributed by atoms with Crippen LogP contribution in [0.4, 0.5) is 0 Å². The van der Waals surface area contributed by atoms with E-state index in [1.165, 1.54) is 11.8 Å². The Morgan fingerprint density at radius 2 is 2.32 bits per heavy atom. The maximum absolute atomic E-state index is 11.3. The summed E-state index contributed by atoms with van der Waals surface area (Å²) in [4.78, 5) is 0. The van der Waals surface area contributed by atoms with Crippen molar-refractivity contribution in [3.63, 3.8) is 0 Å². The van der Waals surface area contributed by atoms with Gasteiger partial charge in [-0.15, -0.1) is 10.2 Å². The van der Waals surface area contributed by atoms with Crippen molar-refractivity contribution in [3.05, 3.63) is 5.89 Å². The minimum atomic E-state index is -2.85. The fourth-order valence-corrected chi connectivity index (χ4v) is 4.55. The van der Waals surface area contributed by atoms with Gasteiger partial charge >= 0.3 is 0 Å². The highest BCUT2D eigenvalue weighted by atomic mass is 32.2. The second-order valence-electron chi connectivity index (χ2n) is 4.55. The molecule has 0 saturated carbocycles. The maximum atomic E-state index is 11.3. The van der Waals surface area contributed by atoms with Crippen LogP contribution in [0.25, 0.3) is 0 Å². The summed E-state index contributed by atoms with van der Waals surface area (Å²) in [6.07, 6.45) is 2.52. The SMILES string of the molecule is N#CCCCSc1nnc(C[C@@H]2CCS(=O)(=O)C2)o1. The molecule has 1 aromatic heterocycles. The molecule has 0 aromatic carbocycles. The molecule has 19 heavy (non-hydrogen) atoms. The molecule has 0 N–H and O–H groups in total. The van der Waals surface area contributed by atoms with Gasteiger partial charge < -0.3 is 4.42 Å². The maximum Gasteiger partial charge on any atom is 0.276 e. The van der Waals surface area contributed by atoms with E-state index >= 15 is 0 Å². The van der Waals surface area contributed by atoms with Crippen LogP contribution in [0.5, 0.6) is 0 Å². The van der Waals surface area contributed by atoms with Gasteiger partial charge in [-0.1, -0.05) is 11.8 Å². The van der Waals surface area contributed by atoms with Gasteiger partial charge in [-0.3, -0.25) is 0 Å². The van der Waals surface area contributed by atoms with Crippen molar-refractivity contribution < 1.29 is 12.8 Å². The van der Waals surface area contributed by atoms with Crippen LogP contribution in [0, 0.1) is 17.2 Å². The normalized spacial score (nSPS) is 21.3. The molecule has 0 amide bonds. The molecule has 1 fully saturated rings. The third-order valence-electron chi connectivity index (χ3n) is 2.90. The van der Waals surface area contributed by atoms with E-state index in [1.807, 2.05) is 0 Å². The zero-order valence-electron chi connectivity index (χ0n) is 10.4. The van der Waals surface area contributed by atoms with Crippen LogP contribution >= 0.6 is 11.8 Å². The van der Waals surface area contributed by atoms with Gasteiger partial charge in [-0.25, -0.2) is 8.42 Å². The van der Waals surface area contributed by atoms with Gasteiger partial charge in [0, 0.05) is 18.6 Å². The van der Waals surface area contributed by atoms with E-state index in [0.717, 1.165) is 12.2 Å². The predicted molar refractivity (Wildman–Crippen MR) is 70.3 cm³/mol. The first-order chi connectivity index (χ1) is 9.09. The Labute approximate surface area is 116 Å². The molecule has 1 atom stereocenters. The highest BCUT2D eigenvalue weighted by molar-refractivity contribution is 7.99. The largest absolute Gasteiger partial charge is 0.416 e. The molecule has 0 bridgehead atoms. The third kappa shape index (κ3) is 4.51. The lowest BCUT2D eigenvalue weighted by Gasteiger charge is -2.01. The van der Waals surface area contributed by atoms with Gasteiger partial charge in [0.25, 0.3) is 5.22 Å². The lowest BCUT2D eigenvalue weighted by Crippen LogP contribution is -2.07. The molecule has 0 aliphatic carbocycles. The van der Waals surface area contributed by atoms with Gasteiger partial charge in [0.15, 0.2) is 9.84 Å². The molecule has 1 aromatic rings. The number of hydrogen-bond donors (Lipinski definition) is 0. The quantitative estimate of drug-likeness (QED) is 0.579. The van der Waals surface area contributed by atoms with E-state index in [0.29, 0.717) is 30.4 Å². The number of aromatic nitrogens is 2. The summed E-state index contributed by atoms with van der Waals surface area (Å²) in [5, 5.41) is 16.7. The second-order valence-corrected chi connectivity index (χ2v) is 7.82. The van der Waals surface area contributed by atoms with E-state index in [2.05, 4.69) is 16.3 Å². The van der Waals surface area contributed by atoms with Gasteiger partial charge in [0.05, 0.1) is 17.6 Å². The van der Waals surface area contributed by atoms with Crippen LogP contribution in [0.1, 0.15) is 25.2 Å². The molecule has 1 saturated heterocycles. The highest BCUT2D eigenvalue weighted by Crippen LogP contribution is 2.24. The number of nitrogens with zero attached hydrogens (tertiary/aromatic N) is 3. The second kappa shape index (κ2) is 6.39. The van der Waals surface area contributed by atoms with E-state index in [9.17, 15) is 8.42 Å². The Morgan fingerprint density at radius 1 is 1.47 bits per heavy atom. The molecule has 104 valence electrons. The summed E-state index contributed by atoms with van der Waals surface area (Å²) in [5.74, 6) is 1.86. The van der Waals surface area contributed by atoms with Crippen molar-refractivity contribution in [3.8, 4) is 6.07 Å². The Kier molecular flexibility index (Phi) is 4.82. The Morgan fingerprint density at radius 3 is 3.00 bits per heavy atom. The zero-order valence-corrected chi connectivity index (χ0v) is 12.0. The monoisotopic (exact) mass is 301 g/mol. The number of rotatable bonds is 6. The Bertz CT molecular complexity index is 562. The Balaban J connectivity index is 1.80. The summed E-state index contributed by atoms with van der Waals surface area (Å²) in [7, 11) is -2.85. The molecule has 2 heterocycles. The molecule has 6 nitrogen and oxygen atoms in total. The molecular formula is C11H15N3O3S2. The van der Waals surface area contributed by atoms with Crippen molar-refractivity contribution >= 4 is 21.6 Å². The lowest BCUT2D eigenvalue weighted by atomic mass is 10.1. The summed E-state index contributed by atoms with van der Waals surface area (Å²) < 4.78 is 28.1. The van der Waals surface area contributed by atoms with E-state index in [4.69, 9.17) is 9.68 Å². The van der Waals surface area contributed by atoms with Crippen molar-refractivity contribution in [1.82, 2.24) is 10.2 Å². The lowest BCUT2D eigenvalue weighted by molar-refractivity contribution is 0.389. The van der Waals surface area contributed by atoms with Gasteiger partial charge in [0.1, 0.15) is 0 Å². The molecule has 0 unspecified atom stereocenters.